The smallest absolute Gasteiger partial charge is 0.246 e. The normalized spacial score (nSPS) is 10.6. The number of aromatic amines is 1. The van der Waals surface area contributed by atoms with E-state index in [-0.39, 0.29) is 0 Å². The van der Waals surface area contributed by atoms with Crippen molar-refractivity contribution in [3.05, 3.63) is 16.5 Å². The van der Waals surface area contributed by atoms with Crippen molar-refractivity contribution < 1.29 is 4.52 Å². The molecule has 0 fully saturated rings. The summed E-state index contributed by atoms with van der Waals surface area (Å²) in [7, 11) is 0. The lowest BCUT2D eigenvalue weighted by Crippen LogP contribution is -2.05. The number of anilines is 1. The summed E-state index contributed by atoms with van der Waals surface area (Å²) in [6.07, 6.45) is 0. The van der Waals surface area contributed by atoms with Crippen molar-refractivity contribution in [3.63, 3.8) is 0 Å². The second-order valence-corrected chi connectivity index (χ2v) is 3.10. The van der Waals surface area contributed by atoms with E-state index in [0.29, 0.717) is 29.0 Å². The highest BCUT2D eigenvalue weighted by molar-refractivity contribution is 7.71. The molecule has 0 radical (unpaired) electrons. The van der Waals surface area contributed by atoms with Crippen molar-refractivity contribution in [2.75, 3.05) is 5.73 Å². The van der Waals surface area contributed by atoms with Gasteiger partial charge in [0.05, 0.1) is 0 Å². The van der Waals surface area contributed by atoms with Gasteiger partial charge >= 0.3 is 0 Å². The van der Waals surface area contributed by atoms with Crippen LogP contribution < -0.4 is 5.73 Å². The van der Waals surface area contributed by atoms with E-state index in [1.165, 1.54) is 0 Å². The first kappa shape index (κ1) is 8.88. The Morgan fingerprint density at radius 1 is 1.64 bits per heavy atom. The topological polar surface area (TPSA) is 98.5 Å². The molecule has 0 aliphatic rings. The lowest BCUT2D eigenvalue weighted by atomic mass is 10.6. The third-order valence-electron chi connectivity index (χ3n) is 1.65. The Labute approximate surface area is 83.9 Å². The number of rotatable bonds is 2. The van der Waals surface area contributed by atoms with Crippen LogP contribution in [0.3, 0.4) is 0 Å². The molecule has 2 aromatic rings. The third-order valence-corrected chi connectivity index (χ3v) is 1.96. The number of H-pyrrole nitrogens is 1. The molecule has 0 aliphatic carbocycles. The molecule has 0 unspecified atom stereocenters. The third kappa shape index (κ3) is 1.51. The van der Waals surface area contributed by atoms with Crippen LogP contribution in [0.2, 0.25) is 0 Å². The van der Waals surface area contributed by atoms with E-state index >= 15 is 0 Å². The Morgan fingerprint density at radius 3 is 2.93 bits per heavy atom. The zero-order valence-corrected chi connectivity index (χ0v) is 8.21. The molecule has 0 saturated heterocycles. The maximum absolute atomic E-state index is 5.56. The minimum Gasteiger partial charge on any atom is -0.368 e. The quantitative estimate of drug-likeness (QED) is 0.693. The second-order valence-electron chi connectivity index (χ2n) is 2.71. The molecule has 3 N–H and O–H groups in total. The first-order valence-corrected chi connectivity index (χ1v) is 4.27. The molecule has 0 aromatic carbocycles. The van der Waals surface area contributed by atoms with E-state index in [1.54, 1.807) is 11.5 Å². The summed E-state index contributed by atoms with van der Waals surface area (Å²) < 4.78 is 6.92. The van der Waals surface area contributed by atoms with Crippen molar-refractivity contribution in [3.8, 4) is 0 Å². The monoisotopic (exact) mass is 212 g/mol. The number of nitrogen functional groups attached to an aromatic ring is 1. The van der Waals surface area contributed by atoms with Gasteiger partial charge in [0.25, 0.3) is 0 Å². The largest absolute Gasteiger partial charge is 0.368 e. The number of hydrogen-bond acceptors (Lipinski definition) is 6. The molecule has 74 valence electrons. The fourth-order valence-corrected chi connectivity index (χ4v) is 1.23. The summed E-state index contributed by atoms with van der Waals surface area (Å²) in [5, 5.41) is 9.97. The van der Waals surface area contributed by atoms with Gasteiger partial charge in [0.2, 0.25) is 11.8 Å². The highest BCUT2D eigenvalue weighted by Crippen LogP contribution is 2.04. The number of hydrogen-bond donors (Lipinski definition) is 2. The number of nitrogens with two attached hydrogens (primary N) is 1. The maximum Gasteiger partial charge on any atom is 0.246 e. The first-order chi connectivity index (χ1) is 6.66. The summed E-state index contributed by atoms with van der Waals surface area (Å²) in [5.41, 5.74) is 5.56. The maximum atomic E-state index is 5.56. The summed E-state index contributed by atoms with van der Waals surface area (Å²) in [5.74, 6) is 1.33. The average Bonchev–Trinajstić information content (AvgIpc) is 2.67. The van der Waals surface area contributed by atoms with Crippen LogP contribution in [0, 0.1) is 11.7 Å². The van der Waals surface area contributed by atoms with Gasteiger partial charge in [-0.1, -0.05) is 5.16 Å². The van der Waals surface area contributed by atoms with Crippen LogP contribution in [0.5, 0.6) is 0 Å². The van der Waals surface area contributed by atoms with Crippen LogP contribution in [-0.2, 0) is 6.54 Å². The number of nitrogens with one attached hydrogen (secondary N) is 1. The lowest BCUT2D eigenvalue weighted by molar-refractivity contribution is 0.367. The molecule has 0 aliphatic heterocycles. The summed E-state index contributed by atoms with van der Waals surface area (Å²) in [4.78, 5) is 4.03. The Hall–Kier alpha value is -1.70. The molecule has 2 rings (SSSR count). The molecule has 14 heavy (non-hydrogen) atoms. The van der Waals surface area contributed by atoms with Crippen LogP contribution in [0.25, 0.3) is 0 Å². The van der Waals surface area contributed by atoms with Crippen LogP contribution in [-0.4, -0.2) is 24.9 Å². The van der Waals surface area contributed by atoms with E-state index in [2.05, 4.69) is 20.3 Å². The molecule has 0 bridgehead atoms. The molecule has 0 spiro atoms. The van der Waals surface area contributed by atoms with Gasteiger partial charge in [0.1, 0.15) is 6.54 Å². The minimum absolute atomic E-state index is 0.297. The molecule has 0 amide bonds. The highest BCUT2D eigenvalue weighted by atomic mass is 32.1. The van der Waals surface area contributed by atoms with Gasteiger partial charge < -0.3 is 10.3 Å². The van der Waals surface area contributed by atoms with Crippen molar-refractivity contribution in [2.45, 2.75) is 13.5 Å². The van der Waals surface area contributed by atoms with E-state index in [0.717, 1.165) is 0 Å². The molecular formula is C6H8N6OS. The Morgan fingerprint density at radius 2 is 2.43 bits per heavy atom. The number of aryl methyl sites for hydroxylation is 1. The van der Waals surface area contributed by atoms with E-state index in [4.69, 9.17) is 22.5 Å². The van der Waals surface area contributed by atoms with Gasteiger partial charge in [0.15, 0.2) is 10.6 Å². The van der Waals surface area contributed by atoms with E-state index in [9.17, 15) is 0 Å². The Bertz CT molecular complexity index is 496. The van der Waals surface area contributed by atoms with Gasteiger partial charge in [-0.25, -0.2) is 5.10 Å². The van der Waals surface area contributed by atoms with Crippen LogP contribution in [0.4, 0.5) is 5.95 Å². The zero-order chi connectivity index (χ0) is 10.1. The van der Waals surface area contributed by atoms with Gasteiger partial charge in [-0.2, -0.15) is 4.98 Å². The Kier molecular flexibility index (Phi) is 2.04. The molecular weight excluding hydrogens is 204 g/mol. The average molecular weight is 212 g/mol. The number of nitrogens with zero attached hydrogens (tertiary/aromatic N) is 4. The Balaban J connectivity index is 2.31. The lowest BCUT2D eigenvalue weighted by Gasteiger charge is -1.97. The van der Waals surface area contributed by atoms with Crippen molar-refractivity contribution >= 4 is 18.2 Å². The molecule has 0 atom stereocenters. The molecule has 7 nitrogen and oxygen atoms in total. The molecule has 8 heteroatoms. The van der Waals surface area contributed by atoms with Gasteiger partial charge in [-0.3, -0.25) is 4.57 Å². The van der Waals surface area contributed by atoms with Gasteiger partial charge in [0, 0.05) is 0 Å². The standard InChI is InChI=1S/C6H8N6OS/c1-3-8-4(13-11-3)2-12-5(7)9-10-6(12)14/h2H2,1H3,(H2,7,9)(H,10,14). The second kappa shape index (κ2) is 3.22. The fourth-order valence-electron chi connectivity index (χ4n) is 1.02. The highest BCUT2D eigenvalue weighted by Gasteiger charge is 2.07. The molecule has 2 aromatic heterocycles. The SMILES string of the molecule is Cc1noc(Cn2c(N)n[nH]c2=S)n1. The van der Waals surface area contributed by atoms with Crippen LogP contribution in [0.15, 0.2) is 4.52 Å². The molecule has 0 saturated carbocycles. The summed E-state index contributed by atoms with van der Waals surface area (Å²) in [6, 6.07) is 0. The van der Waals surface area contributed by atoms with E-state index in [1.807, 2.05) is 0 Å². The van der Waals surface area contributed by atoms with Crippen molar-refractivity contribution in [2.24, 2.45) is 0 Å². The van der Waals surface area contributed by atoms with Crippen LogP contribution >= 0.6 is 12.2 Å². The van der Waals surface area contributed by atoms with Gasteiger partial charge in [-0.15, -0.1) is 5.10 Å². The predicted molar refractivity (Wildman–Crippen MR) is 50.0 cm³/mol. The van der Waals surface area contributed by atoms with E-state index < -0.39 is 0 Å². The number of aromatic nitrogens is 5. The zero-order valence-electron chi connectivity index (χ0n) is 7.39. The molecule has 2 heterocycles. The fraction of sp³-hybridized carbons (Fsp3) is 0.333. The van der Waals surface area contributed by atoms with Crippen molar-refractivity contribution in [1.29, 1.82) is 0 Å². The minimum atomic E-state index is 0.297. The van der Waals surface area contributed by atoms with Crippen LogP contribution in [0.1, 0.15) is 11.7 Å². The van der Waals surface area contributed by atoms with Gasteiger partial charge in [-0.05, 0) is 19.1 Å². The van der Waals surface area contributed by atoms with Crippen molar-refractivity contribution in [1.82, 2.24) is 24.9 Å². The predicted octanol–water partition coefficient (Wildman–Crippen LogP) is 0.263. The summed E-state index contributed by atoms with van der Waals surface area (Å²) in [6.45, 7) is 2.08. The summed E-state index contributed by atoms with van der Waals surface area (Å²) >= 11 is 4.95. The first-order valence-electron chi connectivity index (χ1n) is 3.86.